The highest BCUT2D eigenvalue weighted by atomic mass is 35.5. The maximum atomic E-state index is 9.46. The lowest BCUT2D eigenvalue weighted by atomic mass is 10.2. The number of benzene rings is 2. The number of rotatable bonds is 5. The maximum absolute atomic E-state index is 9.46. The van der Waals surface area contributed by atoms with Gasteiger partial charge in [-0.15, -0.1) is 0 Å². The van der Waals surface area contributed by atoms with Crippen molar-refractivity contribution in [3.8, 4) is 23.0 Å². The lowest BCUT2D eigenvalue weighted by Gasteiger charge is -2.13. The van der Waals surface area contributed by atoms with Crippen LogP contribution in [0.4, 0.5) is 5.69 Å². The molecule has 2 rings (SSSR count). The van der Waals surface area contributed by atoms with Gasteiger partial charge < -0.3 is 25.0 Å². The minimum atomic E-state index is -0.160. The summed E-state index contributed by atoms with van der Waals surface area (Å²) in [6.07, 6.45) is 0. The summed E-state index contributed by atoms with van der Waals surface area (Å²) in [6.45, 7) is 0.434. The van der Waals surface area contributed by atoms with Crippen molar-refractivity contribution in [2.24, 2.45) is 0 Å². The third-order valence-electron chi connectivity index (χ3n) is 3.00. The van der Waals surface area contributed by atoms with Crippen molar-refractivity contribution in [1.82, 2.24) is 0 Å². The average molecular weight is 310 g/mol. The normalized spacial score (nSPS) is 10.2. The van der Waals surface area contributed by atoms with Crippen LogP contribution in [0.25, 0.3) is 0 Å². The van der Waals surface area contributed by atoms with E-state index in [0.29, 0.717) is 28.8 Å². The van der Waals surface area contributed by atoms with E-state index in [0.717, 1.165) is 5.56 Å². The van der Waals surface area contributed by atoms with Crippen LogP contribution in [0, 0.1) is 0 Å². The van der Waals surface area contributed by atoms with Crippen LogP contribution in [0.3, 0.4) is 0 Å². The molecule has 0 unspecified atom stereocenters. The molecule has 0 saturated carbocycles. The number of methoxy groups -OCH3 is 2. The van der Waals surface area contributed by atoms with Crippen molar-refractivity contribution in [1.29, 1.82) is 0 Å². The first-order chi connectivity index (χ1) is 10.0. The van der Waals surface area contributed by atoms with Crippen molar-refractivity contribution in [2.75, 3.05) is 19.5 Å². The number of phenolic OH excluding ortho intramolecular Hbond substituents is 2. The molecule has 2 aromatic carbocycles. The number of anilines is 1. The van der Waals surface area contributed by atoms with Gasteiger partial charge in [0.2, 0.25) is 0 Å². The van der Waals surface area contributed by atoms with E-state index in [1.807, 2.05) is 0 Å². The zero-order valence-electron chi connectivity index (χ0n) is 11.7. The van der Waals surface area contributed by atoms with Gasteiger partial charge in [0.15, 0.2) is 23.0 Å². The van der Waals surface area contributed by atoms with Crippen LogP contribution in [0.5, 0.6) is 23.0 Å². The summed E-state index contributed by atoms with van der Waals surface area (Å²) < 4.78 is 10.4. The fraction of sp³-hybridized carbons (Fsp3) is 0.200. The quantitative estimate of drug-likeness (QED) is 0.739. The van der Waals surface area contributed by atoms with Crippen LogP contribution in [0.2, 0.25) is 5.02 Å². The number of ether oxygens (including phenoxy) is 2. The Balaban J connectivity index is 2.17. The zero-order chi connectivity index (χ0) is 15.4. The third kappa shape index (κ3) is 3.44. The lowest BCUT2D eigenvalue weighted by Crippen LogP contribution is -2.01. The molecule has 0 amide bonds. The van der Waals surface area contributed by atoms with E-state index in [1.165, 1.54) is 12.1 Å². The van der Waals surface area contributed by atoms with Crippen molar-refractivity contribution in [3.63, 3.8) is 0 Å². The van der Waals surface area contributed by atoms with E-state index in [2.05, 4.69) is 5.32 Å². The predicted octanol–water partition coefficient (Wildman–Crippen LogP) is 3.38. The highest BCUT2D eigenvalue weighted by molar-refractivity contribution is 6.33. The summed E-state index contributed by atoms with van der Waals surface area (Å²) >= 11 is 6.17. The molecular weight excluding hydrogens is 294 g/mol. The molecule has 0 aromatic heterocycles. The molecule has 2 aromatic rings. The monoisotopic (exact) mass is 309 g/mol. The Labute approximate surface area is 127 Å². The van der Waals surface area contributed by atoms with Gasteiger partial charge >= 0.3 is 0 Å². The Bertz CT molecular complexity index is 646. The third-order valence-corrected chi connectivity index (χ3v) is 3.31. The first-order valence-corrected chi connectivity index (χ1v) is 6.59. The summed E-state index contributed by atoms with van der Waals surface area (Å²) in [4.78, 5) is 0. The van der Waals surface area contributed by atoms with Crippen molar-refractivity contribution < 1.29 is 19.7 Å². The molecule has 3 N–H and O–H groups in total. The van der Waals surface area contributed by atoms with Gasteiger partial charge in [-0.2, -0.15) is 0 Å². The molecule has 21 heavy (non-hydrogen) atoms. The van der Waals surface area contributed by atoms with Gasteiger partial charge in [-0.25, -0.2) is 0 Å². The second kappa shape index (κ2) is 6.45. The Kier molecular flexibility index (Phi) is 4.65. The van der Waals surface area contributed by atoms with Gasteiger partial charge in [-0.05, 0) is 17.7 Å². The topological polar surface area (TPSA) is 71.0 Å². The number of halogens is 1. The molecule has 0 saturated heterocycles. The van der Waals surface area contributed by atoms with Crippen molar-refractivity contribution in [2.45, 2.75) is 6.54 Å². The second-order valence-electron chi connectivity index (χ2n) is 4.36. The number of phenols is 2. The van der Waals surface area contributed by atoms with Gasteiger partial charge in [-0.1, -0.05) is 17.7 Å². The molecule has 0 fully saturated rings. The van der Waals surface area contributed by atoms with Gasteiger partial charge in [0.05, 0.1) is 24.9 Å². The van der Waals surface area contributed by atoms with Crippen LogP contribution < -0.4 is 14.8 Å². The summed E-state index contributed by atoms with van der Waals surface area (Å²) in [6, 6.07) is 8.02. The molecule has 0 radical (unpaired) electrons. The van der Waals surface area contributed by atoms with Crippen LogP contribution in [0.1, 0.15) is 5.56 Å². The summed E-state index contributed by atoms with van der Waals surface area (Å²) in [5.41, 5.74) is 1.48. The zero-order valence-corrected chi connectivity index (χ0v) is 12.4. The van der Waals surface area contributed by atoms with E-state index >= 15 is 0 Å². The second-order valence-corrected chi connectivity index (χ2v) is 4.77. The molecule has 0 atom stereocenters. The van der Waals surface area contributed by atoms with Crippen LogP contribution in [-0.4, -0.2) is 24.4 Å². The molecule has 0 heterocycles. The Hall–Kier alpha value is -2.27. The highest BCUT2D eigenvalue weighted by Crippen LogP contribution is 2.36. The molecule has 0 bridgehead atoms. The van der Waals surface area contributed by atoms with E-state index in [-0.39, 0.29) is 11.5 Å². The van der Waals surface area contributed by atoms with Crippen molar-refractivity contribution >= 4 is 17.3 Å². The standard InChI is InChI=1S/C15H16ClNO4/c1-20-14-6-10(16)11(7-15(14)21-2)17-8-9-3-4-12(18)13(19)5-9/h3-7,17-19H,8H2,1-2H3. The Morgan fingerprint density at radius 1 is 1.00 bits per heavy atom. The summed E-state index contributed by atoms with van der Waals surface area (Å²) in [5, 5.41) is 22.4. The lowest BCUT2D eigenvalue weighted by molar-refractivity contribution is 0.355. The average Bonchev–Trinajstić information content (AvgIpc) is 2.49. The fourth-order valence-corrected chi connectivity index (χ4v) is 2.09. The summed E-state index contributed by atoms with van der Waals surface area (Å²) in [7, 11) is 3.09. The number of hydrogen-bond acceptors (Lipinski definition) is 5. The van der Waals surface area contributed by atoms with E-state index in [1.54, 1.807) is 32.4 Å². The molecule has 0 aliphatic carbocycles. The Morgan fingerprint density at radius 3 is 2.29 bits per heavy atom. The number of hydrogen-bond donors (Lipinski definition) is 3. The molecule has 6 heteroatoms. The van der Waals surface area contributed by atoms with Gasteiger partial charge in [0.1, 0.15) is 0 Å². The minimum Gasteiger partial charge on any atom is -0.504 e. The van der Waals surface area contributed by atoms with Gasteiger partial charge in [0.25, 0.3) is 0 Å². The molecule has 0 aliphatic heterocycles. The fourth-order valence-electron chi connectivity index (χ4n) is 1.87. The van der Waals surface area contributed by atoms with Crippen LogP contribution in [-0.2, 0) is 6.54 Å². The SMILES string of the molecule is COc1cc(Cl)c(NCc2ccc(O)c(O)c2)cc1OC. The molecular formula is C15H16ClNO4. The highest BCUT2D eigenvalue weighted by Gasteiger charge is 2.10. The molecule has 112 valence electrons. The minimum absolute atomic E-state index is 0.150. The van der Waals surface area contributed by atoms with Crippen LogP contribution >= 0.6 is 11.6 Å². The number of aromatic hydroxyl groups is 2. The first-order valence-electron chi connectivity index (χ1n) is 6.21. The number of nitrogens with one attached hydrogen (secondary N) is 1. The van der Waals surface area contributed by atoms with Crippen LogP contribution in [0.15, 0.2) is 30.3 Å². The predicted molar refractivity (Wildman–Crippen MR) is 81.7 cm³/mol. The summed E-state index contributed by atoms with van der Waals surface area (Å²) in [5.74, 6) is 0.809. The molecule has 5 nitrogen and oxygen atoms in total. The Morgan fingerprint density at radius 2 is 1.67 bits per heavy atom. The maximum Gasteiger partial charge on any atom is 0.162 e. The first kappa shape index (κ1) is 15.1. The van der Waals surface area contributed by atoms with Gasteiger partial charge in [-0.3, -0.25) is 0 Å². The largest absolute Gasteiger partial charge is 0.504 e. The van der Waals surface area contributed by atoms with E-state index < -0.39 is 0 Å². The molecule has 0 spiro atoms. The van der Waals surface area contributed by atoms with Gasteiger partial charge in [0, 0.05) is 18.7 Å². The van der Waals surface area contributed by atoms with E-state index in [9.17, 15) is 10.2 Å². The van der Waals surface area contributed by atoms with E-state index in [4.69, 9.17) is 21.1 Å². The van der Waals surface area contributed by atoms with Crippen molar-refractivity contribution in [3.05, 3.63) is 40.9 Å². The molecule has 0 aliphatic rings. The smallest absolute Gasteiger partial charge is 0.162 e.